The molecule has 2 nitrogen and oxygen atoms in total. The molecule has 110 valence electrons. The summed E-state index contributed by atoms with van der Waals surface area (Å²) in [6.07, 6.45) is 4.55. The standard InChI is InChI=1S/C18H20ClNO/c19-12-16-7-3-4-8-17(16)20-18(21)15-10-9-13-5-1-2-6-14(13)11-15/h1-2,5-6,9-11,16-17H,3-4,7-8,12H2,(H,20,21). The molecule has 0 saturated heterocycles. The monoisotopic (exact) mass is 301 g/mol. The lowest BCUT2D eigenvalue weighted by atomic mass is 9.85. The van der Waals surface area contributed by atoms with Crippen LogP contribution in [0.25, 0.3) is 10.8 Å². The van der Waals surface area contributed by atoms with E-state index in [2.05, 4.69) is 11.4 Å². The number of rotatable bonds is 3. The van der Waals surface area contributed by atoms with Gasteiger partial charge in [0.05, 0.1) is 0 Å². The number of halogens is 1. The summed E-state index contributed by atoms with van der Waals surface area (Å²) in [7, 11) is 0. The minimum absolute atomic E-state index is 0.0165. The van der Waals surface area contributed by atoms with Crippen molar-refractivity contribution in [3.8, 4) is 0 Å². The van der Waals surface area contributed by atoms with Crippen molar-refractivity contribution in [2.45, 2.75) is 31.7 Å². The SMILES string of the molecule is O=C(NC1CCCCC1CCl)c1ccc2ccccc2c1. The molecule has 1 N–H and O–H groups in total. The lowest BCUT2D eigenvalue weighted by Crippen LogP contribution is -2.42. The Hall–Kier alpha value is -1.54. The van der Waals surface area contributed by atoms with Gasteiger partial charge in [-0.15, -0.1) is 11.6 Å². The van der Waals surface area contributed by atoms with E-state index in [1.54, 1.807) is 0 Å². The maximum atomic E-state index is 12.5. The van der Waals surface area contributed by atoms with E-state index in [0.29, 0.717) is 11.8 Å². The van der Waals surface area contributed by atoms with Gasteiger partial charge in [-0.05, 0) is 41.7 Å². The molecule has 2 aromatic carbocycles. The summed E-state index contributed by atoms with van der Waals surface area (Å²) >= 11 is 6.03. The Morgan fingerprint density at radius 1 is 1.10 bits per heavy atom. The molecule has 0 spiro atoms. The summed E-state index contributed by atoms with van der Waals surface area (Å²) < 4.78 is 0. The highest BCUT2D eigenvalue weighted by atomic mass is 35.5. The minimum Gasteiger partial charge on any atom is -0.349 e. The summed E-state index contributed by atoms with van der Waals surface area (Å²) in [6, 6.07) is 14.2. The topological polar surface area (TPSA) is 29.1 Å². The van der Waals surface area contributed by atoms with Gasteiger partial charge in [-0.3, -0.25) is 4.79 Å². The fraction of sp³-hybridized carbons (Fsp3) is 0.389. The van der Waals surface area contributed by atoms with Crippen molar-refractivity contribution in [3.05, 3.63) is 48.0 Å². The molecular weight excluding hydrogens is 282 g/mol. The van der Waals surface area contributed by atoms with Crippen molar-refractivity contribution >= 4 is 28.3 Å². The van der Waals surface area contributed by atoms with Gasteiger partial charge in [-0.1, -0.05) is 43.2 Å². The lowest BCUT2D eigenvalue weighted by molar-refractivity contribution is 0.0911. The predicted molar refractivity (Wildman–Crippen MR) is 87.9 cm³/mol. The molecule has 2 unspecified atom stereocenters. The number of alkyl halides is 1. The van der Waals surface area contributed by atoms with Gasteiger partial charge in [0.25, 0.3) is 5.91 Å². The number of amides is 1. The highest BCUT2D eigenvalue weighted by Gasteiger charge is 2.26. The van der Waals surface area contributed by atoms with E-state index >= 15 is 0 Å². The van der Waals surface area contributed by atoms with Gasteiger partial charge in [0.2, 0.25) is 0 Å². The Kier molecular flexibility index (Phi) is 4.45. The average molecular weight is 302 g/mol. The van der Waals surface area contributed by atoms with Crippen LogP contribution in [0.2, 0.25) is 0 Å². The predicted octanol–water partition coefficient (Wildman–Crippen LogP) is 4.37. The number of hydrogen-bond donors (Lipinski definition) is 1. The summed E-state index contributed by atoms with van der Waals surface area (Å²) in [5.74, 6) is 1.05. The first-order chi connectivity index (χ1) is 10.3. The molecule has 0 aromatic heterocycles. The van der Waals surface area contributed by atoms with Crippen LogP contribution in [0.15, 0.2) is 42.5 Å². The number of carbonyl (C=O) groups is 1. The number of carbonyl (C=O) groups excluding carboxylic acids is 1. The van der Waals surface area contributed by atoms with Gasteiger partial charge in [0.15, 0.2) is 0 Å². The lowest BCUT2D eigenvalue weighted by Gasteiger charge is -2.30. The first kappa shape index (κ1) is 14.4. The quantitative estimate of drug-likeness (QED) is 0.838. The molecular formula is C18H20ClNO. The Bertz CT molecular complexity index is 640. The number of benzene rings is 2. The van der Waals surface area contributed by atoms with E-state index in [4.69, 9.17) is 11.6 Å². The van der Waals surface area contributed by atoms with Crippen molar-refractivity contribution in [1.82, 2.24) is 5.32 Å². The second kappa shape index (κ2) is 6.48. The van der Waals surface area contributed by atoms with E-state index in [1.807, 2.05) is 36.4 Å². The van der Waals surface area contributed by atoms with E-state index in [9.17, 15) is 4.79 Å². The van der Waals surface area contributed by atoms with E-state index < -0.39 is 0 Å². The van der Waals surface area contributed by atoms with E-state index in [-0.39, 0.29) is 11.9 Å². The smallest absolute Gasteiger partial charge is 0.251 e. The Morgan fingerprint density at radius 3 is 2.67 bits per heavy atom. The number of nitrogens with one attached hydrogen (secondary N) is 1. The average Bonchev–Trinajstić information content (AvgIpc) is 2.55. The maximum absolute atomic E-state index is 12.5. The summed E-state index contributed by atoms with van der Waals surface area (Å²) in [6.45, 7) is 0. The van der Waals surface area contributed by atoms with Gasteiger partial charge in [-0.2, -0.15) is 0 Å². The molecule has 2 aromatic rings. The van der Waals surface area contributed by atoms with Gasteiger partial charge in [0.1, 0.15) is 0 Å². The molecule has 2 atom stereocenters. The fourth-order valence-electron chi connectivity index (χ4n) is 3.16. The second-order valence-corrected chi connectivity index (χ2v) is 6.15. The Balaban J connectivity index is 1.76. The molecule has 1 amide bonds. The molecule has 3 heteroatoms. The Morgan fingerprint density at radius 2 is 1.86 bits per heavy atom. The maximum Gasteiger partial charge on any atom is 0.251 e. The highest BCUT2D eigenvalue weighted by molar-refractivity contribution is 6.18. The summed E-state index contributed by atoms with van der Waals surface area (Å²) in [4.78, 5) is 12.5. The molecule has 0 heterocycles. The van der Waals surface area contributed by atoms with Gasteiger partial charge in [-0.25, -0.2) is 0 Å². The van der Waals surface area contributed by atoms with Crippen LogP contribution in [-0.4, -0.2) is 17.8 Å². The molecule has 1 fully saturated rings. The highest BCUT2D eigenvalue weighted by Crippen LogP contribution is 2.26. The van der Waals surface area contributed by atoms with Gasteiger partial charge >= 0.3 is 0 Å². The van der Waals surface area contributed by atoms with Crippen molar-refractivity contribution in [1.29, 1.82) is 0 Å². The van der Waals surface area contributed by atoms with Crippen LogP contribution >= 0.6 is 11.6 Å². The van der Waals surface area contributed by atoms with Gasteiger partial charge in [0, 0.05) is 17.5 Å². The molecule has 0 aliphatic heterocycles. The van der Waals surface area contributed by atoms with Crippen molar-refractivity contribution in [2.75, 3.05) is 5.88 Å². The first-order valence-corrected chi connectivity index (χ1v) is 8.17. The van der Waals surface area contributed by atoms with E-state index in [0.717, 1.165) is 29.2 Å². The summed E-state index contributed by atoms with van der Waals surface area (Å²) in [5.41, 5.74) is 0.729. The zero-order valence-corrected chi connectivity index (χ0v) is 12.8. The third kappa shape index (κ3) is 3.21. The normalized spacial score (nSPS) is 22.1. The zero-order valence-electron chi connectivity index (χ0n) is 12.0. The van der Waals surface area contributed by atoms with Crippen LogP contribution in [0.1, 0.15) is 36.0 Å². The van der Waals surface area contributed by atoms with Gasteiger partial charge < -0.3 is 5.32 Å². The number of fused-ring (bicyclic) bond motifs is 1. The molecule has 1 aliphatic carbocycles. The molecule has 1 aliphatic rings. The molecule has 0 radical (unpaired) electrons. The largest absolute Gasteiger partial charge is 0.349 e. The zero-order chi connectivity index (χ0) is 14.7. The molecule has 1 saturated carbocycles. The summed E-state index contributed by atoms with van der Waals surface area (Å²) in [5, 5.41) is 5.43. The van der Waals surface area contributed by atoms with E-state index in [1.165, 1.54) is 12.8 Å². The van der Waals surface area contributed by atoms with Crippen molar-refractivity contribution in [2.24, 2.45) is 5.92 Å². The van der Waals surface area contributed by atoms with Crippen LogP contribution in [0, 0.1) is 5.92 Å². The second-order valence-electron chi connectivity index (χ2n) is 5.84. The molecule has 3 rings (SSSR count). The fourth-order valence-corrected chi connectivity index (χ4v) is 3.53. The first-order valence-electron chi connectivity index (χ1n) is 7.63. The number of hydrogen-bond acceptors (Lipinski definition) is 1. The minimum atomic E-state index is 0.0165. The third-order valence-electron chi connectivity index (χ3n) is 4.44. The van der Waals surface area contributed by atoms with Crippen LogP contribution in [0.4, 0.5) is 0 Å². The van der Waals surface area contributed by atoms with Crippen molar-refractivity contribution < 1.29 is 4.79 Å². The van der Waals surface area contributed by atoms with Crippen molar-refractivity contribution in [3.63, 3.8) is 0 Å². The van der Waals surface area contributed by atoms with Crippen LogP contribution in [0.3, 0.4) is 0 Å². The molecule has 0 bridgehead atoms. The molecule has 21 heavy (non-hydrogen) atoms. The third-order valence-corrected chi connectivity index (χ3v) is 4.83. The van der Waals surface area contributed by atoms with Crippen LogP contribution < -0.4 is 5.32 Å². The Labute approximate surface area is 130 Å². The van der Waals surface area contributed by atoms with Crippen LogP contribution in [-0.2, 0) is 0 Å². The van der Waals surface area contributed by atoms with Crippen LogP contribution in [0.5, 0.6) is 0 Å².